The lowest BCUT2D eigenvalue weighted by molar-refractivity contribution is -0.900. The molecule has 0 unspecified atom stereocenters. The van der Waals surface area contributed by atoms with Crippen molar-refractivity contribution in [1.29, 1.82) is 0 Å². The number of nitrogens with one attached hydrogen (secondary N) is 1. The molecule has 1 aromatic rings. The molecule has 22 heavy (non-hydrogen) atoms. The number of rotatable bonds is 12. The Morgan fingerprint density at radius 2 is 1.55 bits per heavy atom. The average Bonchev–Trinajstić information content (AvgIpc) is 2.53. The minimum absolute atomic E-state index is 0.294. The number of carbonyl (C=O) groups is 1. The zero-order chi connectivity index (χ0) is 16.2. The van der Waals surface area contributed by atoms with Gasteiger partial charge >= 0.3 is 5.97 Å². The molecule has 0 atom stereocenters. The second-order valence-corrected chi connectivity index (χ2v) is 5.74. The van der Waals surface area contributed by atoms with Crippen molar-refractivity contribution in [1.82, 2.24) is 0 Å². The summed E-state index contributed by atoms with van der Waals surface area (Å²) >= 11 is 0. The molecule has 0 spiro atoms. The van der Waals surface area contributed by atoms with E-state index in [1.54, 1.807) is 29.2 Å². The summed E-state index contributed by atoms with van der Waals surface area (Å²) in [7, 11) is 0. The van der Waals surface area contributed by atoms with Crippen LogP contribution in [0.4, 0.5) is 0 Å². The van der Waals surface area contributed by atoms with E-state index < -0.39 is 5.97 Å². The van der Waals surface area contributed by atoms with Crippen LogP contribution in [0.2, 0.25) is 0 Å². The maximum Gasteiger partial charge on any atom is 0.335 e. The van der Waals surface area contributed by atoms with Gasteiger partial charge in [-0.25, -0.2) is 4.79 Å². The van der Waals surface area contributed by atoms with Gasteiger partial charge in [-0.3, -0.25) is 0 Å². The van der Waals surface area contributed by atoms with Crippen LogP contribution >= 0.6 is 0 Å². The Morgan fingerprint density at radius 1 is 1.00 bits per heavy atom. The van der Waals surface area contributed by atoms with E-state index in [-0.39, 0.29) is 0 Å². The first-order chi connectivity index (χ1) is 10.7. The van der Waals surface area contributed by atoms with E-state index in [1.165, 1.54) is 38.8 Å². The van der Waals surface area contributed by atoms with Gasteiger partial charge in [-0.1, -0.05) is 26.7 Å². The van der Waals surface area contributed by atoms with Crippen LogP contribution in [0.25, 0.3) is 0 Å². The summed E-state index contributed by atoms with van der Waals surface area (Å²) in [4.78, 5) is 12.5. The van der Waals surface area contributed by atoms with E-state index >= 15 is 0 Å². The number of aromatic carboxylic acids is 1. The van der Waals surface area contributed by atoms with Crippen molar-refractivity contribution in [2.24, 2.45) is 0 Å². The van der Waals surface area contributed by atoms with Gasteiger partial charge in [0, 0.05) is 6.42 Å². The van der Waals surface area contributed by atoms with Crippen LogP contribution in [0, 0.1) is 0 Å². The van der Waals surface area contributed by atoms with Crippen LogP contribution in [0.3, 0.4) is 0 Å². The van der Waals surface area contributed by atoms with Crippen LogP contribution in [0.5, 0.6) is 5.75 Å². The number of carboxylic acids is 1. The first-order valence-corrected chi connectivity index (χ1v) is 8.47. The summed E-state index contributed by atoms with van der Waals surface area (Å²) in [5.74, 6) is -0.161. The third-order valence-electron chi connectivity index (χ3n) is 3.81. The summed E-state index contributed by atoms with van der Waals surface area (Å²) in [5.41, 5.74) is 0.294. The van der Waals surface area contributed by atoms with E-state index in [4.69, 9.17) is 9.84 Å². The van der Waals surface area contributed by atoms with Crippen LogP contribution < -0.4 is 9.64 Å². The number of unbranched alkanes of at least 4 members (excludes halogenated alkanes) is 2. The van der Waals surface area contributed by atoms with Gasteiger partial charge in [-0.05, 0) is 37.1 Å². The highest BCUT2D eigenvalue weighted by molar-refractivity contribution is 5.87. The molecule has 4 nitrogen and oxygen atoms in total. The van der Waals surface area contributed by atoms with E-state index in [9.17, 15) is 4.79 Å². The number of hydrogen-bond acceptors (Lipinski definition) is 2. The van der Waals surface area contributed by atoms with E-state index in [0.29, 0.717) is 12.2 Å². The zero-order valence-corrected chi connectivity index (χ0v) is 13.9. The Labute approximate surface area is 134 Å². The van der Waals surface area contributed by atoms with Gasteiger partial charge in [0.15, 0.2) is 0 Å². The fourth-order valence-corrected chi connectivity index (χ4v) is 2.43. The zero-order valence-electron chi connectivity index (χ0n) is 13.9. The average molecular weight is 308 g/mol. The molecule has 0 saturated heterocycles. The molecule has 124 valence electrons. The second kappa shape index (κ2) is 11.1. The van der Waals surface area contributed by atoms with E-state index in [1.807, 2.05) is 0 Å². The predicted molar refractivity (Wildman–Crippen MR) is 88.9 cm³/mol. The van der Waals surface area contributed by atoms with Gasteiger partial charge in [-0.15, -0.1) is 0 Å². The molecule has 2 N–H and O–H groups in total. The normalized spacial score (nSPS) is 10.9. The number of hydrogen-bond donors (Lipinski definition) is 2. The van der Waals surface area contributed by atoms with Crippen molar-refractivity contribution in [3.63, 3.8) is 0 Å². The van der Waals surface area contributed by atoms with Crippen LogP contribution in [0.15, 0.2) is 24.3 Å². The lowest BCUT2D eigenvalue weighted by atomic mass is 10.2. The molecule has 1 rings (SSSR count). The fraction of sp³-hybridized carbons (Fsp3) is 0.611. The topological polar surface area (TPSA) is 51.0 Å². The quantitative estimate of drug-likeness (QED) is 0.584. The molecular weight excluding hydrogens is 278 g/mol. The molecular formula is C18H30NO3+. The largest absolute Gasteiger partial charge is 0.493 e. The number of benzene rings is 1. The molecule has 0 aliphatic rings. The highest BCUT2D eigenvalue weighted by Crippen LogP contribution is 2.12. The van der Waals surface area contributed by atoms with Crippen molar-refractivity contribution in [2.75, 3.05) is 26.2 Å². The smallest absolute Gasteiger partial charge is 0.335 e. The van der Waals surface area contributed by atoms with Gasteiger partial charge in [0.25, 0.3) is 0 Å². The van der Waals surface area contributed by atoms with Gasteiger partial charge in [0.2, 0.25) is 0 Å². The van der Waals surface area contributed by atoms with E-state index in [0.717, 1.165) is 18.7 Å². The minimum atomic E-state index is -0.905. The minimum Gasteiger partial charge on any atom is -0.493 e. The van der Waals surface area contributed by atoms with Gasteiger partial charge < -0.3 is 14.7 Å². The van der Waals surface area contributed by atoms with Crippen molar-refractivity contribution in [3.05, 3.63) is 29.8 Å². The standard InChI is InChI=1S/C18H29NO3/c1-3-5-12-19(13-6-4-2)14-7-15-22-17-10-8-16(9-11-17)18(20)21/h8-11H,3-7,12-15H2,1-2H3,(H,20,21)/p+1. The Balaban J connectivity index is 2.27. The summed E-state index contributed by atoms with van der Waals surface area (Å²) < 4.78 is 5.69. The molecule has 0 aromatic heterocycles. The summed E-state index contributed by atoms with van der Waals surface area (Å²) in [6.07, 6.45) is 6.11. The monoisotopic (exact) mass is 308 g/mol. The molecule has 0 heterocycles. The van der Waals surface area contributed by atoms with Gasteiger partial charge in [-0.2, -0.15) is 0 Å². The number of quaternary nitrogens is 1. The number of carboxylic acid groups (broad SMARTS) is 1. The SMILES string of the molecule is CCCC[NH+](CCCC)CCCOc1ccc(C(=O)O)cc1. The third-order valence-corrected chi connectivity index (χ3v) is 3.81. The Kier molecular flexibility index (Phi) is 9.31. The Hall–Kier alpha value is -1.55. The lowest BCUT2D eigenvalue weighted by Gasteiger charge is -2.19. The fourth-order valence-electron chi connectivity index (χ4n) is 2.43. The van der Waals surface area contributed by atoms with Gasteiger partial charge in [0.1, 0.15) is 5.75 Å². The number of ether oxygens (including phenoxy) is 1. The van der Waals surface area contributed by atoms with Crippen molar-refractivity contribution >= 4 is 5.97 Å². The lowest BCUT2D eigenvalue weighted by Crippen LogP contribution is -3.12. The summed E-state index contributed by atoms with van der Waals surface area (Å²) in [5, 5.41) is 8.85. The molecule has 1 aromatic carbocycles. The first-order valence-electron chi connectivity index (χ1n) is 8.47. The molecule has 0 amide bonds. The molecule has 0 radical (unpaired) electrons. The van der Waals surface area contributed by atoms with Crippen molar-refractivity contribution in [2.45, 2.75) is 46.0 Å². The highest BCUT2D eigenvalue weighted by Gasteiger charge is 2.07. The van der Waals surface area contributed by atoms with Crippen LogP contribution in [-0.2, 0) is 0 Å². The van der Waals surface area contributed by atoms with Gasteiger partial charge in [0.05, 0.1) is 31.8 Å². The third kappa shape index (κ3) is 7.46. The van der Waals surface area contributed by atoms with Crippen molar-refractivity contribution in [3.8, 4) is 5.75 Å². The first kappa shape index (κ1) is 18.5. The maximum absolute atomic E-state index is 10.8. The van der Waals surface area contributed by atoms with Crippen molar-refractivity contribution < 1.29 is 19.5 Å². The van der Waals surface area contributed by atoms with Crippen LogP contribution in [0.1, 0.15) is 56.3 Å². The predicted octanol–water partition coefficient (Wildman–Crippen LogP) is 2.64. The molecule has 0 bridgehead atoms. The summed E-state index contributed by atoms with van der Waals surface area (Å²) in [6, 6.07) is 6.61. The molecule has 0 saturated carbocycles. The molecule has 0 aliphatic carbocycles. The molecule has 0 aliphatic heterocycles. The van der Waals surface area contributed by atoms with Crippen LogP contribution in [-0.4, -0.2) is 37.3 Å². The molecule has 0 fully saturated rings. The molecule has 4 heteroatoms. The van der Waals surface area contributed by atoms with E-state index in [2.05, 4.69) is 13.8 Å². The highest BCUT2D eigenvalue weighted by atomic mass is 16.5. The Morgan fingerprint density at radius 3 is 2.05 bits per heavy atom. The summed E-state index contributed by atoms with van der Waals surface area (Å²) in [6.45, 7) is 8.82. The maximum atomic E-state index is 10.8. The second-order valence-electron chi connectivity index (χ2n) is 5.74. The Bertz CT molecular complexity index is 409.